The number of carbonyl (C=O) groups excluding carboxylic acids is 1. The molecule has 1 N–H and O–H groups in total. The van der Waals surface area contributed by atoms with Crippen molar-refractivity contribution in [3.63, 3.8) is 0 Å². The Morgan fingerprint density at radius 3 is 2.08 bits per heavy atom. The van der Waals surface area contributed by atoms with Gasteiger partial charge in [0, 0.05) is 45.2 Å². The molecule has 2 saturated heterocycles. The third-order valence-electron chi connectivity index (χ3n) is 5.55. The van der Waals surface area contributed by atoms with Crippen molar-refractivity contribution in [1.29, 1.82) is 0 Å². The molecule has 0 aromatic carbocycles. The first-order valence-electron chi connectivity index (χ1n) is 9.24. The molecule has 3 fully saturated rings. The van der Waals surface area contributed by atoms with E-state index in [4.69, 9.17) is 4.74 Å². The summed E-state index contributed by atoms with van der Waals surface area (Å²) in [5.74, 6) is -1.56. The summed E-state index contributed by atoms with van der Waals surface area (Å²) in [4.78, 5) is 25.6. The van der Waals surface area contributed by atoms with Crippen LogP contribution in [0.1, 0.15) is 25.7 Å². The lowest BCUT2D eigenvalue weighted by molar-refractivity contribution is -0.145. The Balaban J connectivity index is 1.54. The Kier molecular flexibility index (Phi) is 6.16. The zero-order valence-corrected chi connectivity index (χ0v) is 15.7. The molecule has 3 rings (SSSR count). The van der Waals surface area contributed by atoms with Crippen LogP contribution in [0, 0.1) is 11.8 Å². The molecule has 2 aliphatic heterocycles. The van der Waals surface area contributed by atoms with E-state index in [1.807, 2.05) is 0 Å². The van der Waals surface area contributed by atoms with Crippen molar-refractivity contribution in [3.05, 3.63) is 0 Å². The van der Waals surface area contributed by atoms with E-state index < -0.39 is 22.1 Å². The number of hydrogen-bond donors (Lipinski definition) is 1. The number of morpholine rings is 1. The van der Waals surface area contributed by atoms with Gasteiger partial charge in [-0.1, -0.05) is 6.42 Å². The summed E-state index contributed by atoms with van der Waals surface area (Å²) >= 11 is 0. The van der Waals surface area contributed by atoms with Crippen LogP contribution in [0.5, 0.6) is 0 Å². The van der Waals surface area contributed by atoms with Crippen molar-refractivity contribution in [2.75, 3.05) is 52.5 Å². The number of nitrogens with zero attached hydrogens (tertiary/aromatic N) is 3. The fourth-order valence-electron chi connectivity index (χ4n) is 3.98. The predicted octanol–water partition coefficient (Wildman–Crippen LogP) is -0.401. The van der Waals surface area contributed by atoms with Crippen LogP contribution in [-0.4, -0.2) is 91.4 Å². The topological polar surface area (TPSA) is 107 Å². The highest BCUT2D eigenvalue weighted by Gasteiger charge is 2.37. The molecule has 3 aliphatic rings. The van der Waals surface area contributed by atoms with Crippen LogP contribution in [-0.2, 0) is 24.5 Å². The maximum Gasteiger partial charge on any atom is 0.306 e. The van der Waals surface area contributed by atoms with Gasteiger partial charge in [-0.2, -0.15) is 17.0 Å². The molecule has 1 saturated carbocycles. The van der Waals surface area contributed by atoms with Crippen LogP contribution < -0.4 is 0 Å². The van der Waals surface area contributed by atoms with Crippen LogP contribution in [0.2, 0.25) is 0 Å². The molecular formula is C16H27N3O6S. The molecular weight excluding hydrogens is 362 g/mol. The highest BCUT2D eigenvalue weighted by Crippen LogP contribution is 2.31. The number of ether oxygens (including phenoxy) is 1. The quantitative estimate of drug-likeness (QED) is 0.701. The van der Waals surface area contributed by atoms with Gasteiger partial charge >= 0.3 is 5.97 Å². The van der Waals surface area contributed by atoms with Gasteiger partial charge < -0.3 is 14.7 Å². The number of amides is 1. The van der Waals surface area contributed by atoms with Gasteiger partial charge in [-0.15, -0.1) is 0 Å². The average Bonchev–Trinajstić information content (AvgIpc) is 2.68. The summed E-state index contributed by atoms with van der Waals surface area (Å²) < 4.78 is 33.4. The summed E-state index contributed by atoms with van der Waals surface area (Å²) in [6.07, 6.45) is 2.48. The Labute approximate surface area is 154 Å². The highest BCUT2D eigenvalue weighted by atomic mass is 32.2. The molecule has 148 valence electrons. The molecule has 10 heteroatoms. The summed E-state index contributed by atoms with van der Waals surface area (Å²) in [6, 6.07) is 0. The third-order valence-corrected chi connectivity index (χ3v) is 7.58. The summed E-state index contributed by atoms with van der Waals surface area (Å²) in [6.45, 7) is 2.81. The number of carboxylic acids is 1. The van der Waals surface area contributed by atoms with Crippen molar-refractivity contribution in [2.45, 2.75) is 25.7 Å². The van der Waals surface area contributed by atoms with E-state index in [0.717, 1.165) is 12.8 Å². The first-order chi connectivity index (χ1) is 12.4. The average molecular weight is 389 g/mol. The second-order valence-electron chi connectivity index (χ2n) is 7.14. The van der Waals surface area contributed by atoms with Gasteiger partial charge in [-0.05, 0) is 19.3 Å². The molecule has 0 spiro atoms. The van der Waals surface area contributed by atoms with E-state index >= 15 is 0 Å². The molecule has 1 aliphatic carbocycles. The number of rotatable bonds is 4. The van der Waals surface area contributed by atoms with E-state index in [0.29, 0.717) is 52.2 Å². The zero-order valence-electron chi connectivity index (χ0n) is 14.9. The Bertz CT molecular complexity index is 626. The number of carboxylic acid groups (broad SMARTS) is 1. The SMILES string of the molecule is O=C(O)C1CCCC(C(=O)N2CCN(S(=O)(=O)N3CCOCC3)CC2)C1. The van der Waals surface area contributed by atoms with Gasteiger partial charge in [-0.3, -0.25) is 9.59 Å². The lowest BCUT2D eigenvalue weighted by Gasteiger charge is -2.39. The van der Waals surface area contributed by atoms with Crippen LogP contribution in [0.3, 0.4) is 0 Å². The van der Waals surface area contributed by atoms with Crippen molar-refractivity contribution in [1.82, 2.24) is 13.5 Å². The minimum atomic E-state index is -3.51. The number of carbonyl (C=O) groups is 2. The minimum absolute atomic E-state index is 0.0284. The molecule has 2 unspecified atom stereocenters. The second kappa shape index (κ2) is 8.20. The lowest BCUT2D eigenvalue weighted by atomic mass is 9.80. The first-order valence-corrected chi connectivity index (χ1v) is 10.6. The van der Waals surface area contributed by atoms with Gasteiger partial charge in [0.2, 0.25) is 5.91 Å². The minimum Gasteiger partial charge on any atom is -0.481 e. The van der Waals surface area contributed by atoms with Gasteiger partial charge in [0.25, 0.3) is 10.2 Å². The monoisotopic (exact) mass is 389 g/mol. The predicted molar refractivity (Wildman–Crippen MR) is 92.5 cm³/mol. The standard InChI is InChI=1S/C16H27N3O6S/c20-15(13-2-1-3-14(12-13)16(21)22)17-4-6-18(7-5-17)26(23,24)19-8-10-25-11-9-19/h13-14H,1-12H2,(H,21,22). The number of aliphatic carboxylic acids is 1. The van der Waals surface area contributed by atoms with E-state index in [1.165, 1.54) is 8.61 Å². The van der Waals surface area contributed by atoms with E-state index in [-0.39, 0.29) is 24.9 Å². The number of hydrogen-bond acceptors (Lipinski definition) is 5. The van der Waals surface area contributed by atoms with Crippen LogP contribution in [0.4, 0.5) is 0 Å². The normalized spacial score (nSPS) is 29.5. The van der Waals surface area contributed by atoms with Gasteiger partial charge in [0.05, 0.1) is 19.1 Å². The molecule has 2 atom stereocenters. The molecule has 26 heavy (non-hydrogen) atoms. The lowest BCUT2D eigenvalue weighted by Crippen LogP contribution is -2.56. The molecule has 9 nitrogen and oxygen atoms in total. The van der Waals surface area contributed by atoms with E-state index in [2.05, 4.69) is 0 Å². The maximum absolute atomic E-state index is 12.7. The first kappa shape index (κ1) is 19.5. The zero-order chi connectivity index (χ0) is 18.7. The van der Waals surface area contributed by atoms with Crippen LogP contribution in [0.15, 0.2) is 0 Å². The molecule has 0 aromatic heterocycles. The largest absolute Gasteiger partial charge is 0.481 e. The van der Waals surface area contributed by atoms with Gasteiger partial charge in [0.15, 0.2) is 0 Å². The second-order valence-corrected chi connectivity index (χ2v) is 9.07. The summed E-state index contributed by atoms with van der Waals surface area (Å²) in [5.41, 5.74) is 0. The molecule has 0 aromatic rings. The van der Waals surface area contributed by atoms with Gasteiger partial charge in [-0.25, -0.2) is 0 Å². The Morgan fingerprint density at radius 2 is 1.46 bits per heavy atom. The van der Waals surface area contributed by atoms with Gasteiger partial charge in [0.1, 0.15) is 0 Å². The van der Waals surface area contributed by atoms with E-state index in [1.54, 1.807) is 4.90 Å². The molecule has 2 heterocycles. The highest BCUT2D eigenvalue weighted by molar-refractivity contribution is 7.86. The fraction of sp³-hybridized carbons (Fsp3) is 0.875. The maximum atomic E-state index is 12.7. The van der Waals surface area contributed by atoms with Crippen LogP contribution >= 0.6 is 0 Å². The van der Waals surface area contributed by atoms with Crippen molar-refractivity contribution in [2.24, 2.45) is 11.8 Å². The smallest absolute Gasteiger partial charge is 0.306 e. The van der Waals surface area contributed by atoms with Crippen LogP contribution in [0.25, 0.3) is 0 Å². The van der Waals surface area contributed by atoms with Crippen molar-refractivity contribution in [3.8, 4) is 0 Å². The summed E-state index contributed by atoms with van der Waals surface area (Å²) in [7, 11) is -3.51. The molecule has 0 bridgehead atoms. The fourth-order valence-corrected chi connectivity index (χ4v) is 5.54. The Morgan fingerprint density at radius 1 is 0.885 bits per heavy atom. The molecule has 0 radical (unpaired) electrons. The Hall–Kier alpha value is -1.23. The van der Waals surface area contributed by atoms with Crippen molar-refractivity contribution >= 4 is 22.1 Å². The summed E-state index contributed by atoms with van der Waals surface area (Å²) in [5, 5.41) is 9.18. The third kappa shape index (κ3) is 4.19. The van der Waals surface area contributed by atoms with E-state index in [9.17, 15) is 23.1 Å². The molecule has 1 amide bonds. The number of piperazine rings is 1. The van der Waals surface area contributed by atoms with Crippen molar-refractivity contribution < 1.29 is 27.9 Å².